The molecule has 0 fully saturated rings. The maximum Gasteiger partial charge on any atom is 0.261 e. The predicted octanol–water partition coefficient (Wildman–Crippen LogP) is 4.50. The minimum Gasteiger partial charge on any atom is -0.481 e. The van der Waals surface area contributed by atoms with E-state index in [1.807, 2.05) is 78.4 Å². The molecule has 0 saturated heterocycles. The number of fused-ring (bicyclic) bond motifs is 1. The highest BCUT2D eigenvalue weighted by atomic mass is 16.5. The standard InChI is InChI=1S/C24H23N3O2/c1-2-23(29-22-12-9-19-5-3-4-6-20(19)15-22)24(28)26-16-18-7-10-21(11-8-18)27-14-13-25-17-27/h3-15,17,23H,2,16H2,1H3,(H,26,28)/t23-/m0/s1. The van der Waals surface area contributed by atoms with Gasteiger partial charge in [-0.05, 0) is 47.0 Å². The Morgan fingerprint density at radius 2 is 1.86 bits per heavy atom. The second-order valence-electron chi connectivity index (χ2n) is 6.88. The van der Waals surface area contributed by atoms with Crippen LogP contribution in [-0.4, -0.2) is 21.6 Å². The zero-order valence-electron chi connectivity index (χ0n) is 16.3. The number of nitrogens with one attached hydrogen (secondary N) is 1. The lowest BCUT2D eigenvalue weighted by molar-refractivity contribution is -0.128. The molecule has 3 aromatic carbocycles. The number of aromatic nitrogens is 2. The molecule has 146 valence electrons. The molecule has 1 N–H and O–H groups in total. The first-order valence-corrected chi connectivity index (χ1v) is 9.73. The summed E-state index contributed by atoms with van der Waals surface area (Å²) < 4.78 is 7.91. The zero-order chi connectivity index (χ0) is 20.1. The fraction of sp³-hybridized carbons (Fsp3) is 0.167. The molecule has 0 saturated carbocycles. The molecule has 0 unspecified atom stereocenters. The maximum atomic E-state index is 12.6. The summed E-state index contributed by atoms with van der Waals surface area (Å²) in [7, 11) is 0. The number of nitrogens with zero attached hydrogens (tertiary/aromatic N) is 2. The number of benzene rings is 3. The quantitative estimate of drug-likeness (QED) is 0.510. The summed E-state index contributed by atoms with van der Waals surface area (Å²) in [4.78, 5) is 16.7. The van der Waals surface area contributed by atoms with E-state index in [9.17, 15) is 4.79 Å². The topological polar surface area (TPSA) is 56.1 Å². The molecule has 1 atom stereocenters. The van der Waals surface area contributed by atoms with Crippen LogP contribution in [0.3, 0.4) is 0 Å². The van der Waals surface area contributed by atoms with Gasteiger partial charge in [-0.15, -0.1) is 0 Å². The van der Waals surface area contributed by atoms with Gasteiger partial charge in [0.1, 0.15) is 5.75 Å². The molecule has 0 aliphatic carbocycles. The molecular weight excluding hydrogens is 362 g/mol. The van der Waals surface area contributed by atoms with Crippen molar-refractivity contribution in [2.24, 2.45) is 0 Å². The first-order valence-electron chi connectivity index (χ1n) is 9.73. The Hall–Kier alpha value is -3.60. The Balaban J connectivity index is 1.37. The Morgan fingerprint density at radius 1 is 1.07 bits per heavy atom. The van der Waals surface area contributed by atoms with Crippen molar-refractivity contribution in [2.75, 3.05) is 0 Å². The fourth-order valence-electron chi connectivity index (χ4n) is 3.23. The number of ether oxygens (including phenoxy) is 1. The van der Waals surface area contributed by atoms with E-state index in [-0.39, 0.29) is 5.91 Å². The van der Waals surface area contributed by atoms with Gasteiger partial charge in [0.05, 0.1) is 6.33 Å². The van der Waals surface area contributed by atoms with Crippen molar-refractivity contribution in [3.05, 3.63) is 91.0 Å². The number of hydrogen-bond donors (Lipinski definition) is 1. The molecule has 0 aliphatic heterocycles. The minimum atomic E-state index is -0.526. The summed E-state index contributed by atoms with van der Waals surface area (Å²) in [5.41, 5.74) is 2.06. The van der Waals surface area contributed by atoms with Gasteiger partial charge in [-0.2, -0.15) is 0 Å². The highest BCUT2D eigenvalue weighted by Crippen LogP contribution is 2.22. The van der Waals surface area contributed by atoms with Gasteiger partial charge < -0.3 is 14.6 Å². The molecule has 5 heteroatoms. The highest BCUT2D eigenvalue weighted by Gasteiger charge is 2.18. The summed E-state index contributed by atoms with van der Waals surface area (Å²) in [6.45, 7) is 2.41. The smallest absolute Gasteiger partial charge is 0.261 e. The van der Waals surface area contributed by atoms with Crippen LogP contribution in [0.25, 0.3) is 16.5 Å². The number of rotatable bonds is 7. The number of carbonyl (C=O) groups is 1. The Bertz CT molecular complexity index is 1090. The average Bonchev–Trinajstić information content (AvgIpc) is 3.31. The summed E-state index contributed by atoms with van der Waals surface area (Å²) >= 11 is 0. The van der Waals surface area contributed by atoms with E-state index >= 15 is 0 Å². The third-order valence-corrected chi connectivity index (χ3v) is 4.87. The van der Waals surface area contributed by atoms with Gasteiger partial charge in [0.15, 0.2) is 6.10 Å². The zero-order valence-corrected chi connectivity index (χ0v) is 16.3. The molecule has 4 rings (SSSR count). The van der Waals surface area contributed by atoms with E-state index in [1.54, 1.807) is 12.5 Å². The minimum absolute atomic E-state index is 0.112. The SMILES string of the molecule is CC[C@H](Oc1ccc2ccccc2c1)C(=O)NCc1ccc(-n2ccnc2)cc1. The first-order chi connectivity index (χ1) is 14.2. The molecule has 1 aromatic heterocycles. The number of amides is 1. The van der Waals surface area contributed by atoms with Gasteiger partial charge in [-0.25, -0.2) is 4.98 Å². The summed E-state index contributed by atoms with van der Waals surface area (Å²) in [5.74, 6) is 0.592. The van der Waals surface area contributed by atoms with Crippen molar-refractivity contribution >= 4 is 16.7 Å². The van der Waals surface area contributed by atoms with E-state index in [2.05, 4.69) is 16.4 Å². The van der Waals surface area contributed by atoms with Gasteiger partial charge in [0, 0.05) is 24.6 Å². The number of imidazole rings is 1. The molecule has 1 amide bonds. The maximum absolute atomic E-state index is 12.6. The van der Waals surface area contributed by atoms with Crippen LogP contribution < -0.4 is 10.1 Å². The van der Waals surface area contributed by atoms with Crippen LogP contribution in [0.4, 0.5) is 0 Å². The summed E-state index contributed by atoms with van der Waals surface area (Å²) in [6.07, 6.45) is 5.47. The molecule has 0 aliphatic rings. The van der Waals surface area contributed by atoms with E-state index < -0.39 is 6.10 Å². The van der Waals surface area contributed by atoms with Crippen molar-refractivity contribution in [2.45, 2.75) is 26.0 Å². The Morgan fingerprint density at radius 3 is 2.59 bits per heavy atom. The van der Waals surface area contributed by atoms with E-state index in [1.165, 1.54) is 0 Å². The van der Waals surface area contributed by atoms with Crippen LogP contribution in [0.15, 0.2) is 85.5 Å². The van der Waals surface area contributed by atoms with Gasteiger partial charge in [0.25, 0.3) is 5.91 Å². The molecule has 0 bridgehead atoms. The summed E-state index contributed by atoms with van der Waals surface area (Å²) in [6, 6.07) is 22.0. The van der Waals surface area contributed by atoms with Crippen molar-refractivity contribution in [3.63, 3.8) is 0 Å². The normalized spacial score (nSPS) is 11.9. The molecule has 29 heavy (non-hydrogen) atoms. The van der Waals surface area contributed by atoms with Crippen LogP contribution in [0.1, 0.15) is 18.9 Å². The first kappa shape index (κ1) is 18.7. The van der Waals surface area contributed by atoms with E-state index in [0.717, 1.165) is 22.0 Å². The van der Waals surface area contributed by atoms with Crippen LogP contribution >= 0.6 is 0 Å². The average molecular weight is 385 g/mol. The van der Waals surface area contributed by atoms with Gasteiger partial charge in [-0.3, -0.25) is 4.79 Å². The van der Waals surface area contributed by atoms with Crippen molar-refractivity contribution in [1.29, 1.82) is 0 Å². The third-order valence-electron chi connectivity index (χ3n) is 4.87. The van der Waals surface area contributed by atoms with Crippen LogP contribution in [-0.2, 0) is 11.3 Å². The summed E-state index contributed by atoms with van der Waals surface area (Å²) in [5, 5.41) is 5.22. The van der Waals surface area contributed by atoms with E-state index in [4.69, 9.17) is 4.74 Å². The van der Waals surface area contributed by atoms with Gasteiger partial charge in [-0.1, -0.05) is 49.4 Å². The third kappa shape index (κ3) is 4.46. The van der Waals surface area contributed by atoms with Gasteiger partial charge in [0.2, 0.25) is 0 Å². The monoisotopic (exact) mass is 385 g/mol. The lowest BCUT2D eigenvalue weighted by Gasteiger charge is -2.18. The number of hydrogen-bond acceptors (Lipinski definition) is 3. The largest absolute Gasteiger partial charge is 0.481 e. The van der Waals surface area contributed by atoms with Crippen molar-refractivity contribution in [1.82, 2.24) is 14.9 Å². The second-order valence-corrected chi connectivity index (χ2v) is 6.88. The Kier molecular flexibility index (Phi) is 5.56. The predicted molar refractivity (Wildman–Crippen MR) is 114 cm³/mol. The second kappa shape index (κ2) is 8.61. The molecule has 1 heterocycles. The van der Waals surface area contributed by atoms with Crippen LogP contribution in [0.2, 0.25) is 0 Å². The lowest BCUT2D eigenvalue weighted by Crippen LogP contribution is -2.37. The van der Waals surface area contributed by atoms with Crippen molar-refractivity contribution < 1.29 is 9.53 Å². The molecule has 0 spiro atoms. The highest BCUT2D eigenvalue weighted by molar-refractivity contribution is 5.84. The molecular formula is C24H23N3O2. The van der Waals surface area contributed by atoms with Crippen LogP contribution in [0.5, 0.6) is 5.75 Å². The lowest BCUT2D eigenvalue weighted by atomic mass is 10.1. The number of carbonyl (C=O) groups excluding carboxylic acids is 1. The fourth-order valence-corrected chi connectivity index (χ4v) is 3.23. The molecule has 0 radical (unpaired) electrons. The van der Waals surface area contributed by atoms with Gasteiger partial charge >= 0.3 is 0 Å². The van der Waals surface area contributed by atoms with Crippen molar-refractivity contribution in [3.8, 4) is 11.4 Å². The van der Waals surface area contributed by atoms with Crippen LogP contribution in [0, 0.1) is 0 Å². The Labute approximate surface area is 170 Å². The van der Waals surface area contributed by atoms with E-state index in [0.29, 0.717) is 18.7 Å². The molecule has 4 aromatic rings. The molecule has 5 nitrogen and oxygen atoms in total.